The van der Waals surface area contributed by atoms with Gasteiger partial charge < -0.3 is 28.0 Å². The lowest BCUT2D eigenvalue weighted by molar-refractivity contribution is -0.0924. The van der Waals surface area contributed by atoms with Crippen LogP contribution in [0.3, 0.4) is 0 Å². The van der Waals surface area contributed by atoms with E-state index in [9.17, 15) is 14.9 Å². The third-order valence-electron chi connectivity index (χ3n) is 10.9. The van der Waals surface area contributed by atoms with E-state index in [1.165, 1.54) is 4.57 Å². The van der Waals surface area contributed by atoms with Gasteiger partial charge in [-0.15, -0.1) is 11.8 Å². The van der Waals surface area contributed by atoms with Crippen LogP contribution in [-0.2, 0) is 23.3 Å². The van der Waals surface area contributed by atoms with Gasteiger partial charge in [-0.1, -0.05) is 54.6 Å². The van der Waals surface area contributed by atoms with Crippen LogP contribution in [0.15, 0.2) is 94.6 Å². The number of H-pyrrole nitrogens is 1. The van der Waals surface area contributed by atoms with Gasteiger partial charge in [0.2, 0.25) is 0 Å². The summed E-state index contributed by atoms with van der Waals surface area (Å²) in [6.07, 6.45) is 0.577. The molecule has 6 atom stereocenters. The predicted octanol–water partition coefficient (Wildman–Crippen LogP) is 6.71. The molecule has 1 spiro atoms. The number of aromatic nitrogens is 2. The summed E-state index contributed by atoms with van der Waals surface area (Å²) in [5, 5.41) is 9.43. The van der Waals surface area contributed by atoms with Crippen molar-refractivity contribution < 1.29 is 28.0 Å². The number of hydrogen-bond acceptors (Lipinski definition) is 11. The summed E-state index contributed by atoms with van der Waals surface area (Å²) in [4.78, 5) is 28.2. The number of thioether (sulfide) groups is 1. The molecular formula is C42H49N4O8PS. The molecule has 3 aromatic carbocycles. The van der Waals surface area contributed by atoms with Crippen LogP contribution >= 0.6 is 20.3 Å². The van der Waals surface area contributed by atoms with Gasteiger partial charge in [-0.2, -0.15) is 5.26 Å². The molecule has 7 rings (SSSR count). The molecule has 0 amide bonds. The van der Waals surface area contributed by atoms with Gasteiger partial charge in [0.1, 0.15) is 41.0 Å². The Labute approximate surface area is 333 Å². The van der Waals surface area contributed by atoms with E-state index >= 15 is 0 Å². The maximum atomic E-state index is 13.3. The van der Waals surface area contributed by atoms with Crippen molar-refractivity contribution in [2.45, 2.75) is 87.3 Å². The van der Waals surface area contributed by atoms with Gasteiger partial charge in [0.25, 0.3) is 14.1 Å². The highest BCUT2D eigenvalue weighted by molar-refractivity contribution is 8.00. The SMILES string of the molecule is COc1ccc(C(SC[C@@]23COC4(C(n5cc(C)c(=O)[nH]c5=O)[C@@H]4O2)C3OP(OCCC#N)N(C(C)C)C(C)C)(c2ccccc2)c2ccc(OC)cc2)cc1. The maximum absolute atomic E-state index is 13.3. The lowest BCUT2D eigenvalue weighted by atomic mass is 9.84. The Balaban J connectivity index is 1.35. The standard InChI is InChI=1S/C42H49N4O8PS/c1-27(2)46(28(3)4)55(52-23-11-22-43)54-38-40(25-51-41(38)35(36(41)53-40)45-24-29(5)37(47)44-39(45)48)26-56-42(30-12-9-8-10-13-30,31-14-18-33(49-6)19-15-31)32-16-20-34(50-7)21-17-32/h8-10,12-21,24,27-28,35-36,38H,11,23,25-26H2,1-7H3,(H,44,47,48)/t35?,36-,38?,40+,41?,55?/m0/s1. The summed E-state index contributed by atoms with van der Waals surface area (Å²) in [5.41, 5.74) is 0.573. The molecule has 0 radical (unpaired) electrons. The minimum atomic E-state index is -1.72. The van der Waals surface area contributed by atoms with Crippen molar-refractivity contribution in [1.29, 1.82) is 5.26 Å². The summed E-state index contributed by atoms with van der Waals surface area (Å²) in [7, 11) is 1.59. The Kier molecular flexibility index (Phi) is 11.6. The molecule has 12 nitrogen and oxygen atoms in total. The number of methoxy groups -OCH3 is 2. The molecule has 1 N–H and O–H groups in total. The Morgan fingerprint density at radius 2 is 1.55 bits per heavy atom. The largest absolute Gasteiger partial charge is 0.497 e. The van der Waals surface area contributed by atoms with E-state index in [0.29, 0.717) is 11.3 Å². The van der Waals surface area contributed by atoms with Gasteiger partial charge >= 0.3 is 5.69 Å². The van der Waals surface area contributed by atoms with E-state index in [4.69, 9.17) is 28.0 Å². The quantitative estimate of drug-likeness (QED) is 0.0693. The zero-order valence-electron chi connectivity index (χ0n) is 32.8. The van der Waals surface area contributed by atoms with Crippen molar-refractivity contribution in [3.05, 3.63) is 128 Å². The number of nitrogens with one attached hydrogen (secondary N) is 1. The second-order valence-corrected chi connectivity index (χ2v) is 17.6. The highest BCUT2D eigenvalue weighted by Crippen LogP contribution is 2.72. The second kappa shape index (κ2) is 16.1. The molecule has 3 heterocycles. The van der Waals surface area contributed by atoms with E-state index in [-0.39, 0.29) is 31.7 Å². The van der Waals surface area contributed by atoms with Crippen molar-refractivity contribution in [1.82, 2.24) is 14.2 Å². The van der Waals surface area contributed by atoms with Crippen molar-refractivity contribution >= 4 is 20.3 Å². The molecule has 4 unspecified atom stereocenters. The van der Waals surface area contributed by atoms with Gasteiger partial charge in [0.05, 0.1) is 44.7 Å². The topological polar surface area (TPSA) is 137 Å². The summed E-state index contributed by atoms with van der Waals surface area (Å²) < 4.78 is 41.8. The van der Waals surface area contributed by atoms with Gasteiger partial charge in [0.15, 0.2) is 0 Å². The first kappa shape index (κ1) is 40.2. The van der Waals surface area contributed by atoms with Crippen molar-refractivity contribution in [3.63, 3.8) is 0 Å². The van der Waals surface area contributed by atoms with Gasteiger partial charge in [-0.25, -0.2) is 9.46 Å². The number of ether oxygens (including phenoxy) is 4. The number of aromatic amines is 1. The summed E-state index contributed by atoms with van der Waals surface area (Å²) in [5.74, 6) is 1.92. The summed E-state index contributed by atoms with van der Waals surface area (Å²) in [6.45, 7) is 10.4. The lowest BCUT2D eigenvalue weighted by Crippen LogP contribution is -2.49. The summed E-state index contributed by atoms with van der Waals surface area (Å²) in [6, 6.07) is 28.4. The molecule has 1 saturated carbocycles. The molecule has 14 heteroatoms. The normalized spacial score (nSPS) is 24.3. The number of hydrogen-bond donors (Lipinski definition) is 1. The number of fused-ring (bicyclic) bond motifs is 1. The number of rotatable bonds is 17. The van der Waals surface area contributed by atoms with E-state index < -0.39 is 54.0 Å². The zero-order chi connectivity index (χ0) is 39.8. The zero-order valence-corrected chi connectivity index (χ0v) is 34.5. The third-order valence-corrected chi connectivity index (χ3v) is 14.8. The molecular weight excluding hydrogens is 752 g/mol. The average molecular weight is 801 g/mol. The minimum absolute atomic E-state index is 0.0538. The van der Waals surface area contributed by atoms with Gasteiger partial charge in [-0.05, 0) is 75.6 Å². The Morgan fingerprint density at radius 3 is 2.11 bits per heavy atom. The van der Waals surface area contributed by atoms with Crippen LogP contribution in [0.4, 0.5) is 0 Å². The molecule has 3 fully saturated rings. The monoisotopic (exact) mass is 800 g/mol. The lowest BCUT2D eigenvalue weighted by Gasteiger charge is -2.42. The van der Waals surface area contributed by atoms with Crippen molar-refractivity contribution in [2.24, 2.45) is 0 Å². The Morgan fingerprint density at radius 1 is 0.964 bits per heavy atom. The van der Waals surface area contributed by atoms with Crippen LogP contribution in [-0.4, -0.2) is 82.9 Å². The third kappa shape index (κ3) is 6.89. The molecule has 2 saturated heterocycles. The molecule has 56 heavy (non-hydrogen) atoms. The fourth-order valence-electron chi connectivity index (χ4n) is 8.30. The number of nitrogens with zero attached hydrogens (tertiary/aromatic N) is 3. The Bertz CT molecular complexity index is 2100. The first-order chi connectivity index (χ1) is 26.9. The predicted molar refractivity (Wildman–Crippen MR) is 216 cm³/mol. The van der Waals surface area contributed by atoms with E-state index in [1.807, 2.05) is 42.5 Å². The van der Waals surface area contributed by atoms with E-state index in [2.05, 4.69) is 79.8 Å². The second-order valence-electron chi connectivity index (χ2n) is 15.0. The molecule has 1 aliphatic carbocycles. The van der Waals surface area contributed by atoms with Gasteiger partial charge in [-0.3, -0.25) is 14.3 Å². The highest BCUT2D eigenvalue weighted by atomic mass is 32.2. The van der Waals surface area contributed by atoms with Gasteiger partial charge in [0, 0.05) is 29.6 Å². The highest BCUT2D eigenvalue weighted by Gasteiger charge is 2.88. The first-order valence-electron chi connectivity index (χ1n) is 18.8. The molecule has 4 aromatic rings. The minimum Gasteiger partial charge on any atom is -0.497 e. The van der Waals surface area contributed by atoms with Crippen LogP contribution in [0.2, 0.25) is 0 Å². The van der Waals surface area contributed by atoms with Crippen LogP contribution in [0.25, 0.3) is 0 Å². The van der Waals surface area contributed by atoms with Crippen LogP contribution in [0.5, 0.6) is 11.5 Å². The smallest absolute Gasteiger partial charge is 0.328 e. The molecule has 1 aromatic heterocycles. The van der Waals surface area contributed by atoms with E-state index in [0.717, 1.165) is 28.2 Å². The fraction of sp³-hybridized carbons (Fsp3) is 0.452. The van der Waals surface area contributed by atoms with E-state index in [1.54, 1.807) is 39.1 Å². The maximum Gasteiger partial charge on any atom is 0.328 e. The van der Waals surface area contributed by atoms with Crippen molar-refractivity contribution in [2.75, 3.05) is 33.2 Å². The van der Waals surface area contributed by atoms with Crippen LogP contribution in [0, 0.1) is 18.3 Å². The molecule has 2 aliphatic heterocycles. The first-order valence-corrected chi connectivity index (χ1v) is 20.9. The molecule has 296 valence electrons. The van der Waals surface area contributed by atoms with Crippen molar-refractivity contribution in [3.8, 4) is 17.6 Å². The molecule has 2 bridgehead atoms. The fourth-order valence-corrected chi connectivity index (χ4v) is 11.8. The number of nitriles is 1. The van der Waals surface area contributed by atoms with Crippen LogP contribution < -0.4 is 20.7 Å². The Hall–Kier alpha value is -3.99. The number of aryl methyl sites for hydroxylation is 1. The summed E-state index contributed by atoms with van der Waals surface area (Å²) >= 11 is 1.73. The van der Waals surface area contributed by atoms with Crippen LogP contribution in [0.1, 0.15) is 62.4 Å². The average Bonchev–Trinajstić information content (AvgIpc) is 3.65. The molecule has 3 aliphatic rings. The number of benzene rings is 3.